The number of ether oxygens (including phenoxy) is 3. The van der Waals surface area contributed by atoms with Crippen LogP contribution in [0.3, 0.4) is 0 Å². The minimum Gasteiger partial charge on any atom is -0.507 e. The summed E-state index contributed by atoms with van der Waals surface area (Å²) in [6, 6.07) is 10.9. The number of aryl methyl sites for hydroxylation is 2. The molecule has 1 aliphatic rings. The Kier molecular flexibility index (Phi) is 7.30. The summed E-state index contributed by atoms with van der Waals surface area (Å²) >= 11 is 0.936. The Balaban J connectivity index is 1.99. The van der Waals surface area contributed by atoms with Crippen molar-refractivity contribution in [3.63, 3.8) is 0 Å². The van der Waals surface area contributed by atoms with Crippen LogP contribution in [0.2, 0.25) is 0 Å². The van der Waals surface area contributed by atoms with Crippen LogP contribution in [0.5, 0.6) is 11.5 Å². The van der Waals surface area contributed by atoms with Gasteiger partial charge in [0.15, 0.2) is 5.13 Å². The van der Waals surface area contributed by atoms with Gasteiger partial charge in [0, 0.05) is 11.1 Å². The molecule has 0 spiro atoms. The molecule has 3 aromatic rings. The average molecular weight is 523 g/mol. The molecule has 1 amide bonds. The number of aromatic nitrogens is 1. The van der Waals surface area contributed by atoms with E-state index in [1.165, 1.54) is 19.1 Å². The molecule has 2 aromatic carbocycles. The van der Waals surface area contributed by atoms with Gasteiger partial charge in [-0.3, -0.25) is 14.5 Å². The molecule has 192 valence electrons. The molecule has 4 rings (SSSR count). The normalized spacial score (nSPS) is 16.7. The molecular formula is C27H26N2O7S. The van der Waals surface area contributed by atoms with Gasteiger partial charge in [0.1, 0.15) is 28.2 Å². The highest BCUT2D eigenvalue weighted by Gasteiger charge is 2.49. The third-order valence-corrected chi connectivity index (χ3v) is 7.15. The van der Waals surface area contributed by atoms with E-state index in [1.54, 1.807) is 56.3 Å². The first kappa shape index (κ1) is 25.9. The lowest BCUT2D eigenvalue weighted by Crippen LogP contribution is -2.29. The van der Waals surface area contributed by atoms with Gasteiger partial charge in [0.2, 0.25) is 0 Å². The highest BCUT2D eigenvalue weighted by molar-refractivity contribution is 7.17. The first-order valence-electron chi connectivity index (χ1n) is 11.5. The van der Waals surface area contributed by atoms with Gasteiger partial charge in [0.25, 0.3) is 5.78 Å². The van der Waals surface area contributed by atoms with Crippen molar-refractivity contribution in [1.82, 2.24) is 4.98 Å². The second-order valence-electron chi connectivity index (χ2n) is 8.22. The second-order valence-corrected chi connectivity index (χ2v) is 9.20. The van der Waals surface area contributed by atoms with Gasteiger partial charge in [-0.1, -0.05) is 29.5 Å². The molecule has 37 heavy (non-hydrogen) atoms. The fourth-order valence-corrected chi connectivity index (χ4v) is 5.27. The SMILES string of the molecule is CCOc1ccccc1[C@H]1C(=C(O)c2ccc(OC)cc2C)C(=O)C(=O)N1c1nc(C)c(C(=O)OC)s1. The number of methoxy groups -OCH3 is 2. The van der Waals surface area contributed by atoms with Gasteiger partial charge < -0.3 is 19.3 Å². The number of hydrogen-bond donors (Lipinski definition) is 1. The molecule has 1 saturated heterocycles. The van der Waals surface area contributed by atoms with Crippen LogP contribution in [0.1, 0.15) is 45.0 Å². The van der Waals surface area contributed by atoms with Crippen LogP contribution < -0.4 is 14.4 Å². The van der Waals surface area contributed by atoms with Crippen molar-refractivity contribution in [3.05, 3.63) is 75.3 Å². The molecule has 0 unspecified atom stereocenters. The number of carbonyl (C=O) groups is 3. The van der Waals surface area contributed by atoms with Crippen LogP contribution in [0.15, 0.2) is 48.0 Å². The van der Waals surface area contributed by atoms with Gasteiger partial charge in [-0.2, -0.15) is 0 Å². The average Bonchev–Trinajstić information content (AvgIpc) is 3.40. The lowest BCUT2D eigenvalue weighted by atomic mass is 9.93. The number of ketones is 1. The first-order valence-corrected chi connectivity index (χ1v) is 12.3. The monoisotopic (exact) mass is 522 g/mol. The van der Waals surface area contributed by atoms with Crippen molar-refractivity contribution >= 4 is 39.9 Å². The largest absolute Gasteiger partial charge is 0.507 e. The molecule has 0 radical (unpaired) electrons. The van der Waals surface area contributed by atoms with Crippen molar-refractivity contribution < 1.29 is 33.7 Å². The molecule has 1 aromatic heterocycles. The fourth-order valence-electron chi connectivity index (χ4n) is 4.26. The zero-order chi connectivity index (χ0) is 26.9. The number of hydrogen-bond acceptors (Lipinski definition) is 9. The number of nitrogens with zero attached hydrogens (tertiary/aromatic N) is 2. The summed E-state index contributed by atoms with van der Waals surface area (Å²) < 4.78 is 15.9. The Bertz CT molecular complexity index is 1430. The second kappa shape index (κ2) is 10.4. The summed E-state index contributed by atoms with van der Waals surface area (Å²) in [5.41, 5.74) is 1.76. The fraction of sp³-hybridized carbons (Fsp3) is 0.259. The van der Waals surface area contributed by atoms with Gasteiger partial charge >= 0.3 is 11.9 Å². The molecular weight excluding hydrogens is 496 g/mol. The molecule has 1 fully saturated rings. The Hall–Kier alpha value is -4.18. The molecule has 1 atom stereocenters. The van der Waals surface area contributed by atoms with Crippen LogP contribution in [0.25, 0.3) is 5.76 Å². The molecule has 0 aliphatic carbocycles. The Morgan fingerprint density at radius 2 is 1.86 bits per heavy atom. The van der Waals surface area contributed by atoms with Gasteiger partial charge in [0.05, 0.1) is 32.1 Å². The van der Waals surface area contributed by atoms with Crippen molar-refractivity contribution in [1.29, 1.82) is 0 Å². The molecule has 0 bridgehead atoms. The zero-order valence-corrected chi connectivity index (χ0v) is 21.8. The molecule has 9 nitrogen and oxygen atoms in total. The third kappa shape index (κ3) is 4.55. The number of para-hydroxylation sites is 1. The summed E-state index contributed by atoms with van der Waals surface area (Å²) in [6.45, 7) is 5.55. The summed E-state index contributed by atoms with van der Waals surface area (Å²) in [4.78, 5) is 45.0. The van der Waals surface area contributed by atoms with E-state index in [1.807, 2.05) is 6.92 Å². The minimum absolute atomic E-state index is 0.113. The quantitative estimate of drug-likeness (QED) is 0.208. The van der Waals surface area contributed by atoms with Crippen molar-refractivity contribution in [2.75, 3.05) is 25.7 Å². The lowest BCUT2D eigenvalue weighted by Gasteiger charge is -2.25. The predicted molar refractivity (Wildman–Crippen MR) is 138 cm³/mol. The summed E-state index contributed by atoms with van der Waals surface area (Å²) in [5.74, 6) is -1.66. The van der Waals surface area contributed by atoms with E-state index in [-0.39, 0.29) is 21.3 Å². The van der Waals surface area contributed by atoms with Gasteiger partial charge in [-0.15, -0.1) is 0 Å². The molecule has 1 N–H and O–H groups in total. The number of aliphatic hydroxyl groups is 1. The molecule has 2 heterocycles. The highest BCUT2D eigenvalue weighted by Crippen LogP contribution is 2.46. The third-order valence-electron chi connectivity index (χ3n) is 6.01. The Labute approximate surface area is 217 Å². The number of aliphatic hydroxyl groups excluding tert-OH is 1. The number of amides is 1. The van der Waals surface area contributed by atoms with Crippen molar-refractivity contribution in [2.24, 2.45) is 0 Å². The van der Waals surface area contributed by atoms with Crippen molar-refractivity contribution in [3.8, 4) is 11.5 Å². The van der Waals surface area contributed by atoms with Crippen molar-refractivity contribution in [2.45, 2.75) is 26.8 Å². The van der Waals surface area contributed by atoms with Crippen LogP contribution in [-0.2, 0) is 14.3 Å². The number of thiazole rings is 1. The number of esters is 1. The van der Waals surface area contributed by atoms with Gasteiger partial charge in [-0.25, -0.2) is 9.78 Å². The predicted octanol–water partition coefficient (Wildman–Crippen LogP) is 4.58. The summed E-state index contributed by atoms with van der Waals surface area (Å²) in [5, 5.41) is 11.6. The lowest BCUT2D eigenvalue weighted by molar-refractivity contribution is -0.132. The van der Waals surface area contributed by atoms with Crippen LogP contribution in [-0.4, -0.2) is 48.6 Å². The number of carbonyl (C=O) groups excluding carboxylic acids is 3. The van der Waals surface area contributed by atoms with E-state index in [0.717, 1.165) is 11.3 Å². The number of benzene rings is 2. The maximum atomic E-state index is 13.5. The molecule has 0 saturated carbocycles. The van der Waals surface area contributed by atoms with E-state index in [0.29, 0.717) is 40.5 Å². The topological polar surface area (TPSA) is 115 Å². The maximum Gasteiger partial charge on any atom is 0.350 e. The Morgan fingerprint density at radius 3 is 2.51 bits per heavy atom. The standard InChI is InChI=1S/C27H26N2O7S/c1-6-36-19-10-8-7-9-18(19)21-20(22(30)17-12-11-16(34-4)13-14(17)2)23(31)25(32)29(21)27-28-15(3)24(37-27)26(33)35-5/h7-13,21,30H,6H2,1-5H3/t21-/m0/s1. The Morgan fingerprint density at radius 1 is 1.14 bits per heavy atom. The maximum absolute atomic E-state index is 13.5. The number of rotatable bonds is 7. The van der Waals surface area contributed by atoms with E-state index in [2.05, 4.69) is 4.98 Å². The van der Waals surface area contributed by atoms with E-state index in [4.69, 9.17) is 14.2 Å². The van der Waals surface area contributed by atoms with Gasteiger partial charge in [-0.05, 0) is 50.6 Å². The van der Waals surface area contributed by atoms with Crippen LogP contribution >= 0.6 is 11.3 Å². The van der Waals surface area contributed by atoms with E-state index < -0.39 is 23.7 Å². The summed E-state index contributed by atoms with van der Waals surface area (Å²) in [6.07, 6.45) is 0. The van der Waals surface area contributed by atoms with E-state index >= 15 is 0 Å². The minimum atomic E-state index is -1.06. The van der Waals surface area contributed by atoms with E-state index in [9.17, 15) is 19.5 Å². The number of anilines is 1. The number of Topliss-reactive ketones (excluding diaryl/α,β-unsaturated/α-hetero) is 1. The molecule has 10 heteroatoms. The van der Waals surface area contributed by atoms with Crippen LogP contribution in [0.4, 0.5) is 5.13 Å². The molecule has 1 aliphatic heterocycles. The first-order chi connectivity index (χ1) is 17.7. The highest BCUT2D eigenvalue weighted by atomic mass is 32.1. The smallest absolute Gasteiger partial charge is 0.350 e. The van der Waals surface area contributed by atoms with Crippen LogP contribution in [0, 0.1) is 13.8 Å². The zero-order valence-electron chi connectivity index (χ0n) is 21.0. The summed E-state index contributed by atoms with van der Waals surface area (Å²) in [7, 11) is 2.78.